The highest BCUT2D eigenvalue weighted by Gasteiger charge is 2.39. The van der Waals surface area contributed by atoms with E-state index in [2.05, 4.69) is 18.9 Å². The highest BCUT2D eigenvalue weighted by atomic mass is 16.3. The van der Waals surface area contributed by atoms with Crippen LogP contribution >= 0.6 is 0 Å². The minimum absolute atomic E-state index is 0.341. The Labute approximate surface area is 97.5 Å². The van der Waals surface area contributed by atoms with Crippen LogP contribution in [0.4, 0.5) is 0 Å². The van der Waals surface area contributed by atoms with Crippen LogP contribution < -0.4 is 0 Å². The van der Waals surface area contributed by atoms with E-state index in [-0.39, 0.29) is 0 Å². The minimum atomic E-state index is -0.649. The highest BCUT2D eigenvalue weighted by molar-refractivity contribution is 5.14. The van der Waals surface area contributed by atoms with Crippen molar-refractivity contribution in [3.63, 3.8) is 0 Å². The van der Waals surface area contributed by atoms with Gasteiger partial charge >= 0.3 is 0 Å². The first-order chi connectivity index (χ1) is 7.68. The van der Waals surface area contributed by atoms with Crippen molar-refractivity contribution in [2.45, 2.75) is 58.1 Å². The van der Waals surface area contributed by atoms with Crippen molar-refractivity contribution in [2.24, 2.45) is 5.92 Å². The maximum Gasteiger partial charge on any atom is 0.109 e. The van der Waals surface area contributed by atoms with Gasteiger partial charge in [0.25, 0.3) is 0 Å². The fourth-order valence-corrected chi connectivity index (χ4v) is 2.80. The molecule has 1 fully saturated rings. The van der Waals surface area contributed by atoms with Gasteiger partial charge in [0.2, 0.25) is 0 Å². The van der Waals surface area contributed by atoms with Crippen LogP contribution in [0.2, 0.25) is 0 Å². The lowest BCUT2D eigenvalue weighted by Crippen LogP contribution is -2.38. The average molecular weight is 222 g/mol. The topological polar surface area (TPSA) is 38.0 Å². The Bertz CT molecular complexity index is 347. The van der Waals surface area contributed by atoms with Crippen molar-refractivity contribution in [1.29, 1.82) is 0 Å². The van der Waals surface area contributed by atoms with Gasteiger partial charge in [-0.15, -0.1) is 0 Å². The van der Waals surface area contributed by atoms with E-state index in [4.69, 9.17) is 0 Å². The van der Waals surface area contributed by atoms with Crippen molar-refractivity contribution in [3.05, 3.63) is 18.0 Å². The summed E-state index contributed by atoms with van der Waals surface area (Å²) >= 11 is 0. The third-order valence-corrected chi connectivity index (χ3v) is 3.86. The molecule has 1 N–H and O–H groups in total. The second-order valence-electron chi connectivity index (χ2n) is 5.01. The predicted molar refractivity (Wildman–Crippen MR) is 64.0 cm³/mol. The van der Waals surface area contributed by atoms with E-state index >= 15 is 0 Å². The van der Waals surface area contributed by atoms with E-state index in [0.29, 0.717) is 5.92 Å². The Hall–Kier alpha value is -0.830. The lowest BCUT2D eigenvalue weighted by molar-refractivity contribution is -0.0541. The molecule has 2 atom stereocenters. The lowest BCUT2D eigenvalue weighted by atomic mass is 9.74. The van der Waals surface area contributed by atoms with Crippen LogP contribution in [0.5, 0.6) is 0 Å². The van der Waals surface area contributed by atoms with Crippen LogP contribution in [0, 0.1) is 5.92 Å². The molecule has 16 heavy (non-hydrogen) atoms. The van der Waals surface area contributed by atoms with E-state index in [1.54, 1.807) is 0 Å². The van der Waals surface area contributed by atoms with E-state index in [0.717, 1.165) is 37.9 Å². The molecule has 3 heteroatoms. The molecule has 1 aliphatic rings. The monoisotopic (exact) mass is 222 g/mol. The summed E-state index contributed by atoms with van der Waals surface area (Å²) in [5, 5.41) is 15.2. The Balaban J connectivity index is 2.29. The molecule has 0 aliphatic heterocycles. The van der Waals surface area contributed by atoms with E-state index in [9.17, 15) is 5.11 Å². The Morgan fingerprint density at radius 1 is 1.56 bits per heavy atom. The summed E-state index contributed by atoms with van der Waals surface area (Å²) in [6.07, 6.45) is 7.23. The van der Waals surface area contributed by atoms with Gasteiger partial charge in [-0.25, -0.2) is 0 Å². The second-order valence-corrected chi connectivity index (χ2v) is 5.01. The summed E-state index contributed by atoms with van der Waals surface area (Å²) in [5.74, 6) is 0.341. The molecule has 1 saturated carbocycles. The summed E-state index contributed by atoms with van der Waals surface area (Å²) in [5.41, 5.74) is 0.366. The molecule has 1 heterocycles. The number of aromatic nitrogens is 2. The number of hydrogen-bond acceptors (Lipinski definition) is 2. The maximum absolute atomic E-state index is 10.8. The van der Waals surface area contributed by atoms with Crippen LogP contribution in [0.1, 0.15) is 51.6 Å². The van der Waals surface area contributed by atoms with Crippen molar-refractivity contribution in [1.82, 2.24) is 9.78 Å². The second kappa shape index (κ2) is 4.58. The van der Waals surface area contributed by atoms with Gasteiger partial charge in [0.1, 0.15) is 5.60 Å². The molecule has 0 radical (unpaired) electrons. The van der Waals surface area contributed by atoms with Crippen LogP contribution in [0.25, 0.3) is 0 Å². The SMILES string of the molecule is CCCn1nccc1C1(O)CCCCC1C. The average Bonchev–Trinajstić information content (AvgIpc) is 2.72. The molecule has 0 aromatic carbocycles. The molecule has 90 valence electrons. The van der Waals surface area contributed by atoms with Crippen molar-refractivity contribution in [2.75, 3.05) is 0 Å². The highest BCUT2D eigenvalue weighted by Crippen LogP contribution is 2.41. The lowest BCUT2D eigenvalue weighted by Gasteiger charge is -2.38. The summed E-state index contributed by atoms with van der Waals surface area (Å²) in [7, 11) is 0. The summed E-state index contributed by atoms with van der Waals surface area (Å²) < 4.78 is 1.97. The first kappa shape index (κ1) is 11.6. The molecular formula is C13H22N2O. The van der Waals surface area contributed by atoms with E-state index in [1.807, 2.05) is 16.9 Å². The van der Waals surface area contributed by atoms with Gasteiger partial charge in [-0.3, -0.25) is 4.68 Å². The van der Waals surface area contributed by atoms with Gasteiger partial charge in [0.15, 0.2) is 0 Å². The van der Waals surface area contributed by atoms with Crippen molar-refractivity contribution >= 4 is 0 Å². The smallest absolute Gasteiger partial charge is 0.109 e. The standard InChI is InChI=1S/C13H22N2O/c1-3-10-15-12(7-9-14-15)13(16)8-5-4-6-11(13)2/h7,9,11,16H,3-6,8,10H2,1-2H3. The number of rotatable bonds is 3. The zero-order valence-electron chi connectivity index (χ0n) is 10.3. The van der Waals surface area contributed by atoms with Gasteiger partial charge in [-0.2, -0.15) is 5.10 Å². The van der Waals surface area contributed by atoms with Crippen molar-refractivity contribution < 1.29 is 5.11 Å². The molecule has 0 spiro atoms. The number of aliphatic hydroxyl groups is 1. The van der Waals surface area contributed by atoms with E-state index < -0.39 is 5.60 Å². The summed E-state index contributed by atoms with van der Waals surface area (Å²) in [6, 6.07) is 1.98. The molecule has 0 bridgehead atoms. The number of hydrogen-bond donors (Lipinski definition) is 1. The zero-order chi connectivity index (χ0) is 11.6. The number of nitrogens with zero attached hydrogens (tertiary/aromatic N) is 2. The molecular weight excluding hydrogens is 200 g/mol. The molecule has 2 rings (SSSR count). The minimum Gasteiger partial charge on any atom is -0.383 e. The number of aryl methyl sites for hydroxylation is 1. The largest absolute Gasteiger partial charge is 0.383 e. The first-order valence-corrected chi connectivity index (χ1v) is 6.43. The fourth-order valence-electron chi connectivity index (χ4n) is 2.80. The maximum atomic E-state index is 10.8. The van der Waals surface area contributed by atoms with E-state index in [1.165, 1.54) is 6.42 Å². The Morgan fingerprint density at radius 3 is 3.06 bits per heavy atom. The van der Waals surface area contributed by atoms with Crippen LogP contribution in [-0.2, 0) is 12.1 Å². The molecule has 1 aliphatic carbocycles. The zero-order valence-corrected chi connectivity index (χ0v) is 10.3. The molecule has 2 unspecified atom stereocenters. The van der Waals surface area contributed by atoms with Crippen LogP contribution in [0.3, 0.4) is 0 Å². The Kier molecular flexibility index (Phi) is 3.33. The van der Waals surface area contributed by atoms with Crippen LogP contribution in [0.15, 0.2) is 12.3 Å². The van der Waals surface area contributed by atoms with Gasteiger partial charge < -0.3 is 5.11 Å². The van der Waals surface area contributed by atoms with Gasteiger partial charge in [0, 0.05) is 12.7 Å². The third-order valence-electron chi connectivity index (χ3n) is 3.86. The summed E-state index contributed by atoms with van der Waals surface area (Å²) in [4.78, 5) is 0. The first-order valence-electron chi connectivity index (χ1n) is 6.43. The predicted octanol–water partition coefficient (Wildman–Crippen LogP) is 2.69. The molecule has 0 saturated heterocycles. The molecule has 3 nitrogen and oxygen atoms in total. The fraction of sp³-hybridized carbons (Fsp3) is 0.769. The van der Waals surface area contributed by atoms with Crippen LogP contribution in [-0.4, -0.2) is 14.9 Å². The van der Waals surface area contributed by atoms with Gasteiger partial charge in [0.05, 0.1) is 5.69 Å². The molecule has 0 amide bonds. The summed E-state index contributed by atoms with van der Waals surface area (Å²) in [6.45, 7) is 5.19. The third kappa shape index (κ3) is 1.88. The quantitative estimate of drug-likeness (QED) is 0.854. The van der Waals surface area contributed by atoms with Gasteiger partial charge in [-0.05, 0) is 31.2 Å². The normalized spacial score (nSPS) is 30.6. The molecule has 1 aromatic rings. The Morgan fingerprint density at radius 2 is 2.38 bits per heavy atom. The van der Waals surface area contributed by atoms with Crippen molar-refractivity contribution in [3.8, 4) is 0 Å². The molecule has 1 aromatic heterocycles. The van der Waals surface area contributed by atoms with Gasteiger partial charge in [-0.1, -0.05) is 26.7 Å².